The fourth-order valence-electron chi connectivity index (χ4n) is 1.72. The zero-order chi connectivity index (χ0) is 18.2. The Kier molecular flexibility index (Phi) is 4.66. The van der Waals surface area contributed by atoms with Gasteiger partial charge in [-0.15, -0.1) is 0 Å². The van der Waals surface area contributed by atoms with E-state index in [0.717, 1.165) is 17.1 Å². The Morgan fingerprint density at radius 2 is 1.92 bits per heavy atom. The molecule has 0 unspecified atom stereocenters. The lowest BCUT2D eigenvalue weighted by molar-refractivity contribution is -0.137. The molecule has 2 heterocycles. The molecule has 0 fully saturated rings. The van der Waals surface area contributed by atoms with E-state index in [1.165, 1.54) is 6.20 Å². The van der Waals surface area contributed by atoms with Crippen LogP contribution in [-0.4, -0.2) is 29.4 Å². The third kappa shape index (κ3) is 4.73. The van der Waals surface area contributed by atoms with Gasteiger partial charge >= 0.3 is 6.18 Å². The summed E-state index contributed by atoms with van der Waals surface area (Å²) in [7, 11) is -4.04. The normalized spacial score (nSPS) is 13.2. The Morgan fingerprint density at radius 3 is 2.46 bits per heavy atom. The van der Waals surface area contributed by atoms with Crippen molar-refractivity contribution >= 4 is 15.7 Å². The Morgan fingerprint density at radius 1 is 1.25 bits per heavy atom. The van der Waals surface area contributed by atoms with Crippen LogP contribution in [0.4, 0.5) is 18.9 Å². The van der Waals surface area contributed by atoms with Gasteiger partial charge in [0.1, 0.15) is 0 Å². The predicted octanol–water partition coefficient (Wildman–Crippen LogP) is 2.92. The second kappa shape index (κ2) is 6.11. The zero-order valence-corrected chi connectivity index (χ0v) is 14.1. The van der Waals surface area contributed by atoms with Crippen molar-refractivity contribution in [1.82, 2.24) is 14.8 Å². The first-order valence-electron chi connectivity index (χ1n) is 6.95. The van der Waals surface area contributed by atoms with Crippen LogP contribution in [0.3, 0.4) is 0 Å². The summed E-state index contributed by atoms with van der Waals surface area (Å²) >= 11 is 0. The number of hydrogen-bond acceptors (Lipinski definition) is 5. The Hall–Kier alpha value is -2.04. The average Bonchev–Trinajstić information content (AvgIpc) is 3.02. The highest BCUT2D eigenvalue weighted by Gasteiger charge is 2.28. The van der Waals surface area contributed by atoms with Gasteiger partial charge in [0, 0.05) is 18.2 Å². The first kappa shape index (κ1) is 18.3. The highest BCUT2D eigenvalue weighted by Crippen LogP contribution is 2.25. The SMILES string of the molecule is CC(C)(C)c1ncc(S(=O)(=O)Nc2cnn(CCC(F)(F)F)c2)o1. The molecule has 0 aliphatic carbocycles. The van der Waals surface area contributed by atoms with Gasteiger partial charge < -0.3 is 4.42 Å². The van der Waals surface area contributed by atoms with Crippen molar-refractivity contribution in [3.63, 3.8) is 0 Å². The van der Waals surface area contributed by atoms with Crippen molar-refractivity contribution < 1.29 is 26.0 Å². The summed E-state index contributed by atoms with van der Waals surface area (Å²) in [4.78, 5) is 3.93. The third-order valence-corrected chi connectivity index (χ3v) is 4.12. The smallest absolute Gasteiger partial charge is 0.390 e. The maximum Gasteiger partial charge on any atom is 0.390 e. The number of anilines is 1. The van der Waals surface area contributed by atoms with Gasteiger partial charge in [0.05, 0.1) is 24.5 Å². The van der Waals surface area contributed by atoms with Crippen molar-refractivity contribution in [2.24, 2.45) is 0 Å². The fraction of sp³-hybridized carbons (Fsp3) is 0.538. The predicted molar refractivity (Wildman–Crippen MR) is 78.9 cm³/mol. The van der Waals surface area contributed by atoms with E-state index in [1.807, 2.05) is 20.8 Å². The molecule has 2 aromatic heterocycles. The van der Waals surface area contributed by atoms with Crippen molar-refractivity contribution in [1.29, 1.82) is 0 Å². The average molecular weight is 366 g/mol. The molecule has 0 amide bonds. The number of rotatable bonds is 5. The molecule has 0 radical (unpaired) electrons. The minimum Gasteiger partial charge on any atom is -0.427 e. The molecule has 0 aromatic carbocycles. The van der Waals surface area contributed by atoms with Crippen molar-refractivity contribution in [3.05, 3.63) is 24.5 Å². The van der Waals surface area contributed by atoms with Gasteiger partial charge in [0.2, 0.25) is 5.89 Å². The molecule has 0 bridgehead atoms. The minimum atomic E-state index is -4.31. The molecular formula is C13H17F3N4O3S. The van der Waals surface area contributed by atoms with Crippen molar-refractivity contribution in [3.8, 4) is 0 Å². The quantitative estimate of drug-likeness (QED) is 0.879. The molecule has 2 rings (SSSR count). The van der Waals surface area contributed by atoms with Gasteiger partial charge in [-0.05, 0) is 0 Å². The Bertz CT molecular complexity index is 803. The molecule has 11 heteroatoms. The van der Waals surface area contributed by atoms with Crippen LogP contribution in [0.15, 0.2) is 28.1 Å². The lowest BCUT2D eigenvalue weighted by Gasteiger charge is -2.12. The number of hydrogen-bond donors (Lipinski definition) is 1. The largest absolute Gasteiger partial charge is 0.427 e. The van der Waals surface area contributed by atoms with Crippen molar-refractivity contribution in [2.75, 3.05) is 4.72 Å². The second-order valence-corrected chi connectivity index (χ2v) is 7.81. The number of oxazole rings is 1. The highest BCUT2D eigenvalue weighted by atomic mass is 32.2. The number of aromatic nitrogens is 3. The summed E-state index contributed by atoms with van der Waals surface area (Å²) in [5.41, 5.74) is -0.429. The first-order chi connectivity index (χ1) is 10.9. The van der Waals surface area contributed by atoms with Crippen LogP contribution in [0, 0.1) is 0 Å². The van der Waals surface area contributed by atoms with Crippen molar-refractivity contribution in [2.45, 2.75) is 50.4 Å². The lowest BCUT2D eigenvalue weighted by atomic mass is 9.97. The van der Waals surface area contributed by atoms with E-state index < -0.39 is 34.6 Å². The van der Waals surface area contributed by atoms with E-state index in [2.05, 4.69) is 14.8 Å². The molecule has 1 N–H and O–H groups in total. The molecule has 7 nitrogen and oxygen atoms in total. The van der Waals surface area contributed by atoms with Crippen LogP contribution in [-0.2, 0) is 22.0 Å². The zero-order valence-electron chi connectivity index (χ0n) is 13.3. The molecule has 0 saturated carbocycles. The lowest BCUT2D eigenvalue weighted by Crippen LogP contribution is -2.13. The van der Waals surface area contributed by atoms with Crippen LogP contribution in [0.5, 0.6) is 0 Å². The summed E-state index contributed by atoms with van der Waals surface area (Å²) in [6.07, 6.45) is -2.00. The molecular weight excluding hydrogens is 349 g/mol. The van der Waals surface area contributed by atoms with Crippen LogP contribution in [0.1, 0.15) is 33.1 Å². The monoisotopic (exact) mass is 366 g/mol. The van der Waals surface area contributed by atoms with Crippen LogP contribution in [0.2, 0.25) is 0 Å². The second-order valence-electron chi connectivity index (χ2n) is 6.20. The molecule has 0 saturated heterocycles. The number of sulfonamides is 1. The van der Waals surface area contributed by atoms with Gasteiger partial charge in [-0.25, -0.2) is 4.98 Å². The minimum absolute atomic E-state index is 0.0332. The standard InChI is InChI=1S/C13H17F3N4O3S/c1-12(2,3)11-17-7-10(23-11)24(21,22)19-9-6-18-20(8-9)5-4-13(14,15)16/h6-8,19H,4-5H2,1-3H3. The highest BCUT2D eigenvalue weighted by molar-refractivity contribution is 7.92. The van der Waals surface area contributed by atoms with Gasteiger partial charge in [-0.3, -0.25) is 9.40 Å². The van der Waals surface area contributed by atoms with E-state index in [-0.39, 0.29) is 16.7 Å². The molecule has 0 aliphatic rings. The maximum atomic E-state index is 12.2. The maximum absolute atomic E-state index is 12.2. The summed E-state index contributed by atoms with van der Waals surface area (Å²) in [6.45, 7) is 5.04. The molecule has 0 spiro atoms. The summed E-state index contributed by atoms with van der Waals surface area (Å²) in [5, 5.41) is 3.31. The van der Waals surface area contributed by atoms with Crippen LogP contribution >= 0.6 is 0 Å². The van der Waals surface area contributed by atoms with Gasteiger partial charge in [0.25, 0.3) is 15.1 Å². The summed E-state index contributed by atoms with van der Waals surface area (Å²) < 4.78 is 69.4. The molecule has 0 aliphatic heterocycles. The summed E-state index contributed by atoms with van der Waals surface area (Å²) in [5.74, 6) is 0.253. The number of nitrogens with one attached hydrogen (secondary N) is 1. The number of halogens is 3. The Labute approximate surface area is 136 Å². The van der Waals surface area contributed by atoms with Crippen LogP contribution < -0.4 is 4.72 Å². The molecule has 2 aromatic rings. The molecule has 134 valence electrons. The first-order valence-corrected chi connectivity index (χ1v) is 8.43. The van der Waals surface area contributed by atoms with Gasteiger partial charge in [0.15, 0.2) is 0 Å². The van der Waals surface area contributed by atoms with E-state index in [4.69, 9.17) is 4.42 Å². The topological polar surface area (TPSA) is 90.0 Å². The number of aryl methyl sites for hydroxylation is 1. The molecule has 24 heavy (non-hydrogen) atoms. The number of alkyl halides is 3. The van der Waals surface area contributed by atoms with Gasteiger partial charge in [-0.2, -0.15) is 26.7 Å². The Balaban J connectivity index is 2.10. The van der Waals surface area contributed by atoms with E-state index in [1.54, 1.807) is 0 Å². The van der Waals surface area contributed by atoms with E-state index >= 15 is 0 Å². The molecule has 0 atom stereocenters. The summed E-state index contributed by atoms with van der Waals surface area (Å²) in [6, 6.07) is 0. The number of nitrogens with zero attached hydrogens (tertiary/aromatic N) is 3. The van der Waals surface area contributed by atoms with Gasteiger partial charge in [-0.1, -0.05) is 20.8 Å². The fourth-order valence-corrected chi connectivity index (χ4v) is 2.61. The third-order valence-electron chi connectivity index (χ3n) is 2.90. The van der Waals surface area contributed by atoms with Crippen LogP contribution in [0.25, 0.3) is 0 Å². The van der Waals surface area contributed by atoms with E-state index in [0.29, 0.717) is 0 Å². The van der Waals surface area contributed by atoms with E-state index in [9.17, 15) is 21.6 Å².